The van der Waals surface area contributed by atoms with Crippen LogP contribution in [0.15, 0.2) is 16.7 Å². The molecule has 0 bridgehead atoms. The highest BCUT2D eigenvalue weighted by Crippen LogP contribution is 2.36. The third kappa shape index (κ3) is 3.72. The SMILES string of the molecule is O=C(c1nc2c(C(F)(F)F)cc(Br)cn2c1Cl)N1CCN(C2CCCC2)C(=O)C1. The highest BCUT2D eigenvalue weighted by atomic mass is 79.9. The number of nitrogens with zero attached hydrogens (tertiary/aromatic N) is 4. The summed E-state index contributed by atoms with van der Waals surface area (Å²) >= 11 is 9.23. The van der Waals surface area contributed by atoms with Crippen molar-refractivity contribution in [2.75, 3.05) is 19.6 Å². The maximum Gasteiger partial charge on any atom is 0.420 e. The molecule has 2 fully saturated rings. The summed E-state index contributed by atoms with van der Waals surface area (Å²) in [7, 11) is 0. The Labute approximate surface area is 177 Å². The van der Waals surface area contributed by atoms with E-state index in [-0.39, 0.29) is 33.8 Å². The molecule has 0 atom stereocenters. The summed E-state index contributed by atoms with van der Waals surface area (Å²) in [6.07, 6.45) is 0.763. The quantitative estimate of drug-likeness (QED) is 0.636. The van der Waals surface area contributed by atoms with Crippen molar-refractivity contribution < 1.29 is 22.8 Å². The van der Waals surface area contributed by atoms with Crippen molar-refractivity contribution in [1.29, 1.82) is 0 Å². The fourth-order valence-electron chi connectivity index (χ4n) is 4.04. The maximum atomic E-state index is 13.4. The van der Waals surface area contributed by atoms with Gasteiger partial charge in [0.05, 0.1) is 5.56 Å². The number of pyridine rings is 1. The number of rotatable bonds is 2. The van der Waals surface area contributed by atoms with E-state index in [1.807, 2.05) is 0 Å². The van der Waals surface area contributed by atoms with E-state index in [0.29, 0.717) is 13.1 Å². The fourth-order valence-corrected chi connectivity index (χ4v) is 4.73. The Hall–Kier alpha value is -1.81. The molecule has 2 amide bonds. The van der Waals surface area contributed by atoms with Crippen LogP contribution in [0.3, 0.4) is 0 Å². The van der Waals surface area contributed by atoms with Crippen molar-refractivity contribution in [3.05, 3.63) is 33.1 Å². The first-order chi connectivity index (χ1) is 13.7. The van der Waals surface area contributed by atoms with Gasteiger partial charge >= 0.3 is 6.18 Å². The molecule has 2 aromatic rings. The molecule has 2 aliphatic rings. The molecule has 29 heavy (non-hydrogen) atoms. The molecule has 1 saturated carbocycles. The molecule has 0 N–H and O–H groups in total. The van der Waals surface area contributed by atoms with Crippen LogP contribution in [0.5, 0.6) is 0 Å². The predicted molar refractivity (Wildman–Crippen MR) is 103 cm³/mol. The molecule has 156 valence electrons. The van der Waals surface area contributed by atoms with Crippen LogP contribution in [0.2, 0.25) is 5.15 Å². The maximum absolute atomic E-state index is 13.4. The van der Waals surface area contributed by atoms with E-state index in [1.165, 1.54) is 11.1 Å². The van der Waals surface area contributed by atoms with Gasteiger partial charge in [-0.2, -0.15) is 13.2 Å². The lowest BCUT2D eigenvalue weighted by Gasteiger charge is -2.37. The van der Waals surface area contributed by atoms with Crippen LogP contribution in [0.1, 0.15) is 41.7 Å². The van der Waals surface area contributed by atoms with Gasteiger partial charge in [-0.1, -0.05) is 24.4 Å². The van der Waals surface area contributed by atoms with Crippen molar-refractivity contribution in [2.24, 2.45) is 0 Å². The molecule has 11 heteroatoms. The molecule has 4 rings (SSSR count). The van der Waals surface area contributed by atoms with Gasteiger partial charge in [0.1, 0.15) is 11.7 Å². The second-order valence-electron chi connectivity index (χ2n) is 7.27. The zero-order chi connectivity index (χ0) is 20.9. The largest absolute Gasteiger partial charge is 0.420 e. The van der Waals surface area contributed by atoms with E-state index in [4.69, 9.17) is 11.6 Å². The predicted octanol–water partition coefficient (Wildman–Crippen LogP) is 4.00. The van der Waals surface area contributed by atoms with E-state index in [2.05, 4.69) is 20.9 Å². The van der Waals surface area contributed by atoms with Gasteiger partial charge in [0.25, 0.3) is 5.91 Å². The lowest BCUT2D eigenvalue weighted by atomic mass is 10.1. The van der Waals surface area contributed by atoms with Gasteiger partial charge in [-0.3, -0.25) is 14.0 Å². The second kappa shape index (κ2) is 7.46. The normalized spacial score (nSPS) is 18.9. The van der Waals surface area contributed by atoms with Crippen molar-refractivity contribution >= 4 is 45.0 Å². The molecule has 0 unspecified atom stereocenters. The summed E-state index contributed by atoms with van der Waals surface area (Å²) in [6.45, 7) is 0.566. The molecular weight excluding hydrogens is 477 g/mol. The van der Waals surface area contributed by atoms with E-state index < -0.39 is 23.3 Å². The van der Waals surface area contributed by atoms with E-state index in [0.717, 1.165) is 36.2 Å². The number of amides is 2. The minimum atomic E-state index is -4.66. The zero-order valence-electron chi connectivity index (χ0n) is 15.2. The third-order valence-electron chi connectivity index (χ3n) is 5.45. The van der Waals surface area contributed by atoms with Crippen molar-refractivity contribution in [1.82, 2.24) is 19.2 Å². The number of halogens is 5. The van der Waals surface area contributed by atoms with E-state index >= 15 is 0 Å². The molecule has 0 aromatic carbocycles. The lowest BCUT2D eigenvalue weighted by Crippen LogP contribution is -2.55. The van der Waals surface area contributed by atoms with Crippen LogP contribution >= 0.6 is 27.5 Å². The minimum absolute atomic E-state index is 0.130. The smallest absolute Gasteiger partial charge is 0.336 e. The highest BCUT2D eigenvalue weighted by Gasteiger charge is 2.38. The topological polar surface area (TPSA) is 57.9 Å². The monoisotopic (exact) mass is 492 g/mol. The summed E-state index contributed by atoms with van der Waals surface area (Å²) in [5, 5.41) is -0.220. The molecular formula is C18H17BrClF3N4O2. The van der Waals surface area contributed by atoms with Crippen LogP contribution < -0.4 is 0 Å². The summed E-state index contributed by atoms with van der Waals surface area (Å²) in [4.78, 5) is 32.4. The van der Waals surface area contributed by atoms with Gasteiger partial charge in [-0.25, -0.2) is 4.98 Å². The van der Waals surface area contributed by atoms with Gasteiger partial charge < -0.3 is 9.80 Å². The number of hydrogen-bond donors (Lipinski definition) is 0. The summed E-state index contributed by atoms with van der Waals surface area (Å²) in [5.41, 5.74) is -1.75. The standard InChI is InChI=1S/C18H17BrClF3N4O2/c19-10-7-12(18(21,22)23)16-24-14(15(20)27(16)8-10)17(29)25-5-6-26(13(28)9-25)11-3-1-2-4-11/h7-8,11H,1-6,9H2. The van der Waals surface area contributed by atoms with Crippen LogP contribution in [-0.2, 0) is 11.0 Å². The molecule has 0 spiro atoms. The van der Waals surface area contributed by atoms with Gasteiger partial charge in [0.15, 0.2) is 11.3 Å². The number of fused-ring (bicyclic) bond motifs is 1. The molecule has 0 radical (unpaired) electrons. The van der Waals surface area contributed by atoms with Gasteiger partial charge in [0, 0.05) is 29.8 Å². The lowest BCUT2D eigenvalue weighted by molar-refractivity contribution is -0.137. The average molecular weight is 494 g/mol. The number of hydrogen-bond acceptors (Lipinski definition) is 3. The Balaban J connectivity index is 1.62. The van der Waals surface area contributed by atoms with Gasteiger partial charge in [-0.05, 0) is 34.8 Å². The van der Waals surface area contributed by atoms with Crippen LogP contribution in [-0.4, -0.2) is 56.7 Å². The highest BCUT2D eigenvalue weighted by molar-refractivity contribution is 9.10. The average Bonchev–Trinajstić information content (AvgIpc) is 3.29. The second-order valence-corrected chi connectivity index (χ2v) is 8.54. The molecule has 3 heterocycles. The zero-order valence-corrected chi connectivity index (χ0v) is 17.5. The number of carbonyl (C=O) groups is 2. The Morgan fingerprint density at radius 3 is 2.55 bits per heavy atom. The van der Waals surface area contributed by atoms with Crippen molar-refractivity contribution in [2.45, 2.75) is 37.9 Å². The van der Waals surface area contributed by atoms with Gasteiger partial charge in [0.2, 0.25) is 5.91 Å². The Morgan fingerprint density at radius 2 is 1.93 bits per heavy atom. The third-order valence-corrected chi connectivity index (χ3v) is 6.24. The number of aromatic nitrogens is 2. The minimum Gasteiger partial charge on any atom is -0.336 e. The molecule has 1 aliphatic heterocycles. The Kier molecular flexibility index (Phi) is 5.27. The van der Waals surface area contributed by atoms with Crippen LogP contribution in [0.4, 0.5) is 13.2 Å². The molecule has 2 aromatic heterocycles. The number of alkyl halides is 3. The summed E-state index contributed by atoms with van der Waals surface area (Å²) in [6, 6.07) is 1.10. The van der Waals surface area contributed by atoms with Crippen LogP contribution in [0.25, 0.3) is 5.65 Å². The fraction of sp³-hybridized carbons (Fsp3) is 0.500. The van der Waals surface area contributed by atoms with Gasteiger partial charge in [-0.15, -0.1) is 0 Å². The first kappa shape index (κ1) is 20.5. The van der Waals surface area contributed by atoms with Crippen molar-refractivity contribution in [3.63, 3.8) is 0 Å². The Morgan fingerprint density at radius 1 is 1.24 bits per heavy atom. The van der Waals surface area contributed by atoms with E-state index in [9.17, 15) is 22.8 Å². The van der Waals surface area contributed by atoms with Crippen LogP contribution in [0, 0.1) is 0 Å². The van der Waals surface area contributed by atoms with Crippen molar-refractivity contribution in [3.8, 4) is 0 Å². The number of carbonyl (C=O) groups excluding carboxylic acids is 2. The van der Waals surface area contributed by atoms with E-state index in [1.54, 1.807) is 4.90 Å². The first-order valence-electron chi connectivity index (χ1n) is 9.20. The summed E-state index contributed by atoms with van der Waals surface area (Å²) in [5.74, 6) is -0.808. The number of piperazine rings is 1. The summed E-state index contributed by atoms with van der Waals surface area (Å²) < 4.78 is 41.3. The number of imidazole rings is 1. The molecule has 1 saturated heterocycles. The molecule has 6 nitrogen and oxygen atoms in total. The first-order valence-corrected chi connectivity index (χ1v) is 10.4. The Bertz CT molecular complexity index is 988. The molecule has 1 aliphatic carbocycles.